The number of cyclic esters (lactones) is 1. The van der Waals surface area contributed by atoms with Crippen molar-refractivity contribution in [3.8, 4) is 0 Å². The number of rotatable bonds is 7. The van der Waals surface area contributed by atoms with E-state index in [2.05, 4.69) is 10.6 Å². The average Bonchev–Trinajstić information content (AvgIpc) is 2.99. The normalized spacial score (nSPS) is 22.9. The van der Waals surface area contributed by atoms with Gasteiger partial charge in [0.25, 0.3) is 0 Å². The monoisotopic (exact) mass is 612 g/mol. The van der Waals surface area contributed by atoms with Gasteiger partial charge in [-0.3, -0.25) is 24.4 Å². The van der Waals surface area contributed by atoms with Crippen molar-refractivity contribution in [3.05, 3.63) is 0 Å². The van der Waals surface area contributed by atoms with Crippen LogP contribution in [0.25, 0.3) is 0 Å². The molecule has 244 valence electrons. The Bertz CT molecular complexity index is 970. The third kappa shape index (κ3) is 11.5. The van der Waals surface area contributed by atoms with Gasteiger partial charge in [-0.25, -0.2) is 15.1 Å². The minimum atomic E-state index is -0.990. The van der Waals surface area contributed by atoms with Gasteiger partial charge in [-0.1, -0.05) is 13.8 Å². The topological polar surface area (TPSA) is 187 Å². The fraction of sp³-hybridized carbons (Fsp3) is 0.786. The summed E-state index contributed by atoms with van der Waals surface area (Å²) in [5.74, 6) is -3.87. The summed E-state index contributed by atoms with van der Waals surface area (Å²) in [7, 11) is 1.60. The maximum Gasteiger partial charge on any atom is 0.409 e. The zero-order valence-corrected chi connectivity index (χ0v) is 25.8. The summed E-state index contributed by atoms with van der Waals surface area (Å²) in [6.45, 7) is 7.16. The van der Waals surface area contributed by atoms with Crippen molar-refractivity contribution >= 4 is 35.8 Å². The lowest BCUT2D eigenvalue weighted by Gasteiger charge is -2.34. The highest BCUT2D eigenvalue weighted by molar-refractivity contribution is 5.93. The van der Waals surface area contributed by atoms with Crippen LogP contribution in [0.3, 0.4) is 0 Å². The first-order chi connectivity index (χ1) is 20.5. The summed E-state index contributed by atoms with van der Waals surface area (Å²) in [5.41, 5.74) is 1.65. The van der Waals surface area contributed by atoms with Crippen LogP contribution in [0.2, 0.25) is 0 Å². The van der Waals surface area contributed by atoms with E-state index in [-0.39, 0.29) is 44.4 Å². The van der Waals surface area contributed by atoms with Gasteiger partial charge in [-0.05, 0) is 51.4 Å². The molecule has 6 amide bonds. The highest BCUT2D eigenvalue weighted by atomic mass is 16.6. The Labute approximate surface area is 252 Å². The molecule has 0 aromatic rings. The lowest BCUT2D eigenvalue weighted by atomic mass is 9.81. The number of ether oxygens (including phenoxy) is 2. The van der Waals surface area contributed by atoms with Gasteiger partial charge in [0.1, 0.15) is 6.04 Å². The molecule has 0 spiro atoms. The molecule has 43 heavy (non-hydrogen) atoms. The molecule has 0 radical (unpaired) electrons. The second-order valence-corrected chi connectivity index (χ2v) is 11.3. The van der Waals surface area contributed by atoms with Crippen LogP contribution in [-0.2, 0) is 28.7 Å². The Morgan fingerprint density at radius 1 is 1.00 bits per heavy atom. The molecule has 0 aliphatic carbocycles. The molecule has 2 aliphatic rings. The van der Waals surface area contributed by atoms with E-state index in [1.54, 1.807) is 24.4 Å². The minimum Gasteiger partial charge on any atom is -0.450 e. The maximum absolute atomic E-state index is 13.6. The van der Waals surface area contributed by atoms with Crippen LogP contribution in [0.15, 0.2) is 0 Å². The molecule has 3 atom stereocenters. The highest BCUT2D eigenvalue weighted by Gasteiger charge is 2.36. The molecule has 2 unspecified atom stereocenters. The minimum absolute atomic E-state index is 0.0208. The van der Waals surface area contributed by atoms with Crippen LogP contribution in [0.1, 0.15) is 59.3 Å². The number of amides is 6. The number of nitrogens with zero attached hydrogens (tertiary/aromatic N) is 3. The molecule has 0 aromatic carbocycles. The molecule has 15 heteroatoms. The largest absolute Gasteiger partial charge is 0.450 e. The molecule has 2 saturated heterocycles. The second-order valence-electron chi connectivity index (χ2n) is 11.3. The Morgan fingerprint density at radius 2 is 1.67 bits per heavy atom. The van der Waals surface area contributed by atoms with Gasteiger partial charge in [0.05, 0.1) is 25.7 Å². The van der Waals surface area contributed by atoms with Crippen LogP contribution < -0.4 is 16.1 Å². The van der Waals surface area contributed by atoms with Crippen molar-refractivity contribution in [3.63, 3.8) is 0 Å². The smallest absolute Gasteiger partial charge is 0.409 e. The van der Waals surface area contributed by atoms with Crippen molar-refractivity contribution in [2.24, 2.45) is 17.8 Å². The van der Waals surface area contributed by atoms with E-state index in [1.165, 1.54) is 9.80 Å². The number of hydroxylamine groups is 1. The van der Waals surface area contributed by atoms with E-state index < -0.39 is 47.8 Å². The maximum atomic E-state index is 13.6. The van der Waals surface area contributed by atoms with E-state index in [0.29, 0.717) is 58.4 Å². The Hall–Kier alpha value is -3.62. The van der Waals surface area contributed by atoms with Gasteiger partial charge in [-0.2, -0.15) is 0 Å². The zero-order valence-electron chi connectivity index (χ0n) is 25.8. The average molecular weight is 613 g/mol. The lowest BCUT2D eigenvalue weighted by Crippen LogP contribution is -2.54. The number of hydrogen-bond donors (Lipinski definition) is 4. The van der Waals surface area contributed by atoms with Crippen LogP contribution in [0, 0.1) is 17.8 Å². The van der Waals surface area contributed by atoms with E-state index in [1.807, 2.05) is 13.8 Å². The van der Waals surface area contributed by atoms with Gasteiger partial charge in [0.2, 0.25) is 23.6 Å². The van der Waals surface area contributed by atoms with E-state index in [4.69, 9.17) is 9.47 Å². The number of piperazine rings is 1. The number of carbonyl (C=O) groups is 6. The first-order valence-corrected chi connectivity index (χ1v) is 15.1. The molecule has 15 nitrogen and oxygen atoms in total. The van der Waals surface area contributed by atoms with Gasteiger partial charge in [0.15, 0.2) is 0 Å². The van der Waals surface area contributed by atoms with Crippen LogP contribution in [-0.4, -0.2) is 121 Å². The van der Waals surface area contributed by atoms with Crippen molar-refractivity contribution < 1.29 is 43.4 Å². The summed E-state index contributed by atoms with van der Waals surface area (Å²) >= 11 is 0. The standard InChI is InChI=1S/C28H48N6O9/c1-5-42-28(40)34-14-12-33(13-15-34)23(35)18-29-26(38)22-10-6-7-11-32(4)27(39)43-16-8-9-20(25(37)31-41)21(17-19(2)3)24(36)30-22/h19-22,41H,5-18H2,1-4H3,(H,29,38)(H,30,36)(H,31,37)/t20-,21?,22?/m0/s1. The first-order valence-electron chi connectivity index (χ1n) is 15.1. The van der Waals surface area contributed by atoms with E-state index in [9.17, 15) is 34.0 Å². The molecule has 2 aliphatic heterocycles. The molecule has 0 bridgehead atoms. The molecule has 0 saturated carbocycles. The summed E-state index contributed by atoms with van der Waals surface area (Å²) in [4.78, 5) is 81.1. The Morgan fingerprint density at radius 3 is 2.30 bits per heavy atom. The number of carbonyl (C=O) groups excluding carboxylic acids is 6. The quantitative estimate of drug-likeness (QED) is 0.237. The van der Waals surface area contributed by atoms with Crippen LogP contribution in [0.5, 0.6) is 0 Å². The zero-order chi connectivity index (χ0) is 31.9. The number of nitrogens with one attached hydrogen (secondary N) is 3. The second kappa shape index (κ2) is 18.1. The van der Waals surface area contributed by atoms with Gasteiger partial charge in [-0.15, -0.1) is 0 Å². The van der Waals surface area contributed by atoms with Crippen molar-refractivity contribution in [2.75, 3.05) is 59.5 Å². The first kappa shape index (κ1) is 35.6. The fourth-order valence-electron chi connectivity index (χ4n) is 5.22. The molecular weight excluding hydrogens is 564 g/mol. The van der Waals surface area contributed by atoms with Crippen molar-refractivity contribution in [1.82, 2.24) is 30.8 Å². The SMILES string of the molecule is CCOC(=O)N1CCN(C(=O)CNC(=O)C2CCCCN(C)C(=O)OCCC[C@H](C(=O)NO)C(CC(C)C)C(=O)N2)CC1. The third-order valence-electron chi connectivity index (χ3n) is 7.63. The van der Waals surface area contributed by atoms with Crippen molar-refractivity contribution in [1.29, 1.82) is 0 Å². The molecule has 2 rings (SSSR count). The van der Waals surface area contributed by atoms with E-state index >= 15 is 0 Å². The Kier molecular flexibility index (Phi) is 15.0. The summed E-state index contributed by atoms with van der Waals surface area (Å²) in [5, 5.41) is 14.8. The van der Waals surface area contributed by atoms with Gasteiger partial charge >= 0.3 is 12.2 Å². The van der Waals surface area contributed by atoms with E-state index in [0.717, 1.165) is 0 Å². The lowest BCUT2D eigenvalue weighted by molar-refractivity contribution is -0.142. The molecule has 0 aromatic heterocycles. The molecular formula is C28H48N6O9. The highest BCUT2D eigenvalue weighted by Crippen LogP contribution is 2.26. The fourth-order valence-corrected chi connectivity index (χ4v) is 5.22. The van der Waals surface area contributed by atoms with Crippen LogP contribution >= 0.6 is 0 Å². The third-order valence-corrected chi connectivity index (χ3v) is 7.63. The summed E-state index contributed by atoms with van der Waals surface area (Å²) < 4.78 is 10.3. The molecule has 4 N–H and O–H groups in total. The molecule has 2 heterocycles. The Balaban J connectivity index is 2.14. The van der Waals surface area contributed by atoms with Gasteiger partial charge < -0.3 is 34.8 Å². The molecule has 2 fully saturated rings. The number of hydrogen-bond acceptors (Lipinski definition) is 9. The van der Waals surface area contributed by atoms with Gasteiger partial charge in [0, 0.05) is 45.7 Å². The van der Waals surface area contributed by atoms with Crippen LogP contribution in [0.4, 0.5) is 9.59 Å². The predicted octanol–water partition coefficient (Wildman–Crippen LogP) is 0.705. The summed E-state index contributed by atoms with van der Waals surface area (Å²) in [6, 6.07) is -0.990. The van der Waals surface area contributed by atoms with Crippen molar-refractivity contribution in [2.45, 2.75) is 65.3 Å². The summed E-state index contributed by atoms with van der Waals surface area (Å²) in [6.07, 6.45) is 1.09. The predicted molar refractivity (Wildman–Crippen MR) is 154 cm³/mol.